The largest absolute Gasteiger partial charge is 0.141 e. The molecule has 1 heteroatoms. The molecule has 0 aliphatic carbocycles. The van der Waals surface area contributed by atoms with Crippen molar-refractivity contribution in [3.8, 4) is 0 Å². The van der Waals surface area contributed by atoms with E-state index in [2.05, 4.69) is 50.9 Å². The van der Waals surface area contributed by atoms with Gasteiger partial charge in [-0.05, 0) is 5.82 Å². The monoisotopic (exact) mass is 146 g/mol. The fourth-order valence-corrected chi connectivity index (χ4v) is 1.14. The number of rotatable bonds is 2. The lowest BCUT2D eigenvalue weighted by Gasteiger charge is -2.12. The molecular formula is C10H15B. The average Bonchev–Trinajstić information content (AvgIpc) is 2.05. The molecule has 1 atom stereocenters. The summed E-state index contributed by atoms with van der Waals surface area (Å²) in [6.07, 6.45) is 0. The van der Waals surface area contributed by atoms with E-state index in [0.29, 0.717) is 5.82 Å². The lowest BCUT2D eigenvalue weighted by atomic mass is 9.44. The highest BCUT2D eigenvalue weighted by atomic mass is 14.0. The summed E-state index contributed by atoms with van der Waals surface area (Å²) in [5.74, 6) is 0.677. The van der Waals surface area contributed by atoms with Crippen molar-refractivity contribution in [3.05, 3.63) is 35.9 Å². The minimum atomic E-state index is 0.677. The zero-order valence-electron chi connectivity index (χ0n) is 7.54. The van der Waals surface area contributed by atoms with Crippen molar-refractivity contribution in [1.82, 2.24) is 0 Å². The van der Waals surface area contributed by atoms with Gasteiger partial charge in [0.1, 0.15) is 6.71 Å². The highest BCUT2D eigenvalue weighted by molar-refractivity contribution is 6.57. The fraction of sp³-hybridized carbons (Fsp3) is 0.400. The van der Waals surface area contributed by atoms with Crippen LogP contribution in [0.2, 0.25) is 13.6 Å². The van der Waals surface area contributed by atoms with E-state index >= 15 is 0 Å². The van der Waals surface area contributed by atoms with Gasteiger partial charge >= 0.3 is 0 Å². The molecule has 0 aliphatic heterocycles. The molecule has 0 radical (unpaired) electrons. The summed E-state index contributed by atoms with van der Waals surface area (Å²) < 4.78 is 0. The molecule has 1 aromatic rings. The summed E-state index contributed by atoms with van der Waals surface area (Å²) in [6.45, 7) is 7.53. The molecule has 0 saturated heterocycles. The molecule has 0 amide bonds. The van der Waals surface area contributed by atoms with Crippen LogP contribution in [-0.4, -0.2) is 6.71 Å². The topological polar surface area (TPSA) is 0 Å². The van der Waals surface area contributed by atoms with Crippen LogP contribution in [0.5, 0.6) is 0 Å². The molecule has 0 bridgehead atoms. The van der Waals surface area contributed by atoms with Crippen molar-refractivity contribution >= 4 is 6.71 Å². The van der Waals surface area contributed by atoms with Crippen molar-refractivity contribution < 1.29 is 0 Å². The van der Waals surface area contributed by atoms with Gasteiger partial charge in [-0.1, -0.05) is 56.5 Å². The van der Waals surface area contributed by atoms with E-state index < -0.39 is 0 Å². The van der Waals surface area contributed by atoms with E-state index in [9.17, 15) is 0 Å². The van der Waals surface area contributed by atoms with Crippen LogP contribution in [0.25, 0.3) is 0 Å². The molecule has 0 spiro atoms. The summed E-state index contributed by atoms with van der Waals surface area (Å²) >= 11 is 0. The van der Waals surface area contributed by atoms with Crippen molar-refractivity contribution in [2.24, 2.45) is 0 Å². The van der Waals surface area contributed by atoms with Gasteiger partial charge in [-0.3, -0.25) is 0 Å². The zero-order valence-corrected chi connectivity index (χ0v) is 7.54. The summed E-state index contributed by atoms with van der Waals surface area (Å²) in [5.41, 5.74) is 1.45. The van der Waals surface area contributed by atoms with Gasteiger partial charge in [0.05, 0.1) is 0 Å². The molecule has 0 aliphatic rings. The molecule has 0 saturated carbocycles. The van der Waals surface area contributed by atoms with Crippen molar-refractivity contribution in [2.45, 2.75) is 26.4 Å². The van der Waals surface area contributed by atoms with E-state index in [-0.39, 0.29) is 0 Å². The van der Waals surface area contributed by atoms with Gasteiger partial charge in [0.25, 0.3) is 0 Å². The second-order valence-electron chi connectivity index (χ2n) is 3.44. The molecule has 11 heavy (non-hydrogen) atoms. The molecule has 1 rings (SSSR count). The summed E-state index contributed by atoms with van der Waals surface area (Å²) in [6, 6.07) is 10.7. The Kier molecular flexibility index (Phi) is 2.75. The first-order valence-electron chi connectivity index (χ1n) is 4.26. The number of hydrogen-bond acceptors (Lipinski definition) is 0. The molecule has 58 valence electrons. The van der Waals surface area contributed by atoms with Crippen LogP contribution in [0.3, 0.4) is 0 Å². The molecule has 0 aromatic heterocycles. The highest BCUT2D eigenvalue weighted by Gasteiger charge is 2.11. The second kappa shape index (κ2) is 3.61. The Morgan fingerprint density at radius 1 is 1.09 bits per heavy atom. The first-order chi connectivity index (χ1) is 5.22. The Balaban J connectivity index is 2.77. The lowest BCUT2D eigenvalue weighted by molar-refractivity contribution is 1.05. The van der Waals surface area contributed by atoms with Gasteiger partial charge < -0.3 is 0 Å². The Labute approximate surface area is 69.7 Å². The third kappa shape index (κ3) is 2.11. The highest BCUT2D eigenvalue weighted by Crippen LogP contribution is 2.16. The van der Waals surface area contributed by atoms with Crippen LogP contribution >= 0.6 is 0 Å². The number of hydrogen-bond donors (Lipinski definition) is 0. The van der Waals surface area contributed by atoms with Gasteiger partial charge in [0, 0.05) is 0 Å². The molecule has 0 nitrogen and oxygen atoms in total. The maximum Gasteiger partial charge on any atom is 0.141 e. The van der Waals surface area contributed by atoms with Crippen molar-refractivity contribution in [3.63, 3.8) is 0 Å². The molecular weight excluding hydrogens is 131 g/mol. The molecule has 0 N–H and O–H groups in total. The van der Waals surface area contributed by atoms with E-state index in [4.69, 9.17) is 0 Å². The molecule has 1 aromatic carbocycles. The summed E-state index contributed by atoms with van der Waals surface area (Å²) in [5, 5.41) is 0. The van der Waals surface area contributed by atoms with E-state index in [1.165, 1.54) is 5.56 Å². The van der Waals surface area contributed by atoms with Gasteiger partial charge in [0.2, 0.25) is 0 Å². The van der Waals surface area contributed by atoms with Crippen LogP contribution in [-0.2, 0) is 0 Å². The van der Waals surface area contributed by atoms with E-state index in [0.717, 1.165) is 6.71 Å². The van der Waals surface area contributed by atoms with Crippen LogP contribution in [0.15, 0.2) is 30.3 Å². The first kappa shape index (κ1) is 8.38. The predicted octanol–water partition coefficient (Wildman–Crippen LogP) is 3.08. The van der Waals surface area contributed by atoms with Gasteiger partial charge in [-0.2, -0.15) is 0 Å². The second-order valence-corrected chi connectivity index (χ2v) is 3.44. The van der Waals surface area contributed by atoms with Crippen LogP contribution in [0, 0.1) is 0 Å². The smallest absolute Gasteiger partial charge is 0.0858 e. The Morgan fingerprint density at radius 2 is 1.64 bits per heavy atom. The van der Waals surface area contributed by atoms with E-state index in [1.54, 1.807) is 0 Å². The summed E-state index contributed by atoms with van der Waals surface area (Å²) in [4.78, 5) is 0. The van der Waals surface area contributed by atoms with Crippen molar-refractivity contribution in [2.75, 3.05) is 0 Å². The van der Waals surface area contributed by atoms with Crippen LogP contribution in [0.1, 0.15) is 18.3 Å². The Bertz CT molecular complexity index is 203. The van der Waals surface area contributed by atoms with Gasteiger partial charge in [-0.15, -0.1) is 0 Å². The minimum absolute atomic E-state index is 0.677. The Morgan fingerprint density at radius 3 is 2.09 bits per heavy atom. The van der Waals surface area contributed by atoms with E-state index in [1.807, 2.05) is 0 Å². The van der Waals surface area contributed by atoms with Gasteiger partial charge in [0.15, 0.2) is 0 Å². The molecule has 0 heterocycles. The third-order valence-electron chi connectivity index (χ3n) is 2.33. The van der Waals surface area contributed by atoms with Gasteiger partial charge in [-0.25, -0.2) is 0 Å². The predicted molar refractivity (Wildman–Crippen MR) is 52.3 cm³/mol. The maximum absolute atomic E-state index is 2.28. The zero-order chi connectivity index (χ0) is 8.27. The first-order valence-corrected chi connectivity index (χ1v) is 4.26. The lowest BCUT2D eigenvalue weighted by Crippen LogP contribution is -2.11. The quantitative estimate of drug-likeness (QED) is 0.562. The average molecular weight is 146 g/mol. The number of benzene rings is 1. The summed E-state index contributed by atoms with van der Waals surface area (Å²) in [7, 11) is 0. The van der Waals surface area contributed by atoms with Crippen LogP contribution < -0.4 is 0 Å². The third-order valence-corrected chi connectivity index (χ3v) is 2.33. The standard InChI is InChI=1S/C10H15B/c1-9(11(2)3)10-7-5-4-6-8-10/h4-9H,1-3H3. The van der Waals surface area contributed by atoms with Crippen molar-refractivity contribution in [1.29, 1.82) is 0 Å². The molecule has 1 unspecified atom stereocenters. The minimum Gasteiger partial charge on any atom is -0.0858 e. The van der Waals surface area contributed by atoms with Crippen LogP contribution in [0.4, 0.5) is 0 Å². The molecule has 0 fully saturated rings. The maximum atomic E-state index is 2.28. The fourth-order valence-electron chi connectivity index (χ4n) is 1.14. The Hall–Kier alpha value is -0.715. The normalized spacial score (nSPS) is 12.6. The SMILES string of the molecule is CB(C)C(C)c1ccccc1.